The van der Waals surface area contributed by atoms with Gasteiger partial charge in [0, 0.05) is 17.3 Å². The molecule has 0 bridgehead atoms. The zero-order chi connectivity index (χ0) is 20.4. The lowest BCUT2D eigenvalue weighted by molar-refractivity contribution is -0.119. The predicted octanol–water partition coefficient (Wildman–Crippen LogP) is 3.26. The molecule has 0 radical (unpaired) electrons. The van der Waals surface area contributed by atoms with Crippen molar-refractivity contribution in [3.8, 4) is 17.2 Å². The number of carbonyl (C=O) groups is 1. The molecule has 2 rings (SSSR count). The Labute approximate surface area is 161 Å². The van der Waals surface area contributed by atoms with Crippen LogP contribution < -0.4 is 25.0 Å². The molecule has 0 aromatic heterocycles. The van der Waals surface area contributed by atoms with Crippen molar-refractivity contribution in [2.75, 3.05) is 25.6 Å². The fraction of sp³-hybridized carbons (Fsp3) is 0.263. The third-order valence-electron chi connectivity index (χ3n) is 3.43. The Hall–Kier alpha value is -3.36. The molecule has 0 saturated carbocycles. The lowest BCUT2D eigenvalue weighted by Crippen LogP contribution is -2.25. The maximum atomic E-state index is 12.7. The molecule has 150 valence electrons. The molecule has 28 heavy (non-hydrogen) atoms. The lowest BCUT2D eigenvalue weighted by Gasteiger charge is -2.13. The number of hydrogen-bond donors (Lipinski definition) is 2. The first-order chi connectivity index (χ1) is 13.5. The van der Waals surface area contributed by atoms with Gasteiger partial charge >= 0.3 is 6.61 Å². The number of benzene rings is 2. The minimum Gasteiger partial charge on any atom is -0.497 e. The predicted molar refractivity (Wildman–Crippen MR) is 101 cm³/mol. The summed E-state index contributed by atoms with van der Waals surface area (Å²) in [6.07, 6.45) is 1.21. The van der Waals surface area contributed by atoms with Crippen LogP contribution in [-0.4, -0.2) is 39.0 Å². The van der Waals surface area contributed by atoms with Crippen molar-refractivity contribution in [1.29, 1.82) is 0 Å². The summed E-state index contributed by atoms with van der Waals surface area (Å²) in [5.74, 6) is 0.255. The van der Waals surface area contributed by atoms with Crippen LogP contribution in [0, 0.1) is 0 Å². The van der Waals surface area contributed by atoms with Gasteiger partial charge in [-0.3, -0.25) is 4.79 Å². The highest BCUT2D eigenvalue weighted by Crippen LogP contribution is 2.31. The minimum absolute atomic E-state index is 0.0378. The zero-order valence-corrected chi connectivity index (χ0v) is 15.4. The number of carbonyl (C=O) groups excluding carboxylic acids is 1. The fourth-order valence-electron chi connectivity index (χ4n) is 2.25. The first-order valence-electron chi connectivity index (χ1n) is 8.44. The Morgan fingerprint density at radius 1 is 1.25 bits per heavy atom. The highest BCUT2D eigenvalue weighted by Gasteiger charge is 2.14. The van der Waals surface area contributed by atoms with Crippen LogP contribution in [-0.2, 0) is 4.79 Å². The van der Waals surface area contributed by atoms with Gasteiger partial charge in [-0.15, -0.1) is 0 Å². The second-order valence-electron chi connectivity index (χ2n) is 5.36. The van der Waals surface area contributed by atoms with Crippen LogP contribution >= 0.6 is 0 Å². The van der Waals surface area contributed by atoms with Gasteiger partial charge in [0.15, 0.2) is 11.5 Å². The van der Waals surface area contributed by atoms with Crippen LogP contribution in [0.4, 0.5) is 14.5 Å². The molecule has 0 spiro atoms. The molecule has 9 heteroatoms. The van der Waals surface area contributed by atoms with Gasteiger partial charge in [0.25, 0.3) is 5.91 Å². The van der Waals surface area contributed by atoms with Crippen LogP contribution in [0.15, 0.2) is 47.6 Å². The standard InChI is InChI=1S/C19H21F2N3O4/c1-3-27-16-9-4-6-13(18(16)28-19(20)21)11-23-24-17(25)12-22-14-7-5-8-15(10-14)26-2/h4-11,19,22H,3,12H2,1-2H3,(H,24,25)/b23-11-. The number of nitrogens with one attached hydrogen (secondary N) is 2. The summed E-state index contributed by atoms with van der Waals surface area (Å²) in [7, 11) is 1.55. The molecule has 0 heterocycles. The van der Waals surface area contributed by atoms with Gasteiger partial charge in [-0.25, -0.2) is 5.43 Å². The number of rotatable bonds is 10. The summed E-state index contributed by atoms with van der Waals surface area (Å²) < 4.78 is 40.3. The Morgan fingerprint density at radius 3 is 2.75 bits per heavy atom. The highest BCUT2D eigenvalue weighted by molar-refractivity contribution is 5.87. The average molecular weight is 393 g/mol. The number of halogens is 2. The minimum atomic E-state index is -3.02. The number of hydrazone groups is 1. The Balaban J connectivity index is 1.97. The van der Waals surface area contributed by atoms with E-state index in [1.54, 1.807) is 44.4 Å². The largest absolute Gasteiger partial charge is 0.497 e. The molecule has 2 N–H and O–H groups in total. The molecule has 0 aliphatic heterocycles. The molecule has 7 nitrogen and oxygen atoms in total. The maximum Gasteiger partial charge on any atom is 0.387 e. The van der Waals surface area contributed by atoms with Crippen molar-refractivity contribution < 1.29 is 27.8 Å². The van der Waals surface area contributed by atoms with E-state index in [0.717, 1.165) is 0 Å². The smallest absolute Gasteiger partial charge is 0.387 e. The maximum absolute atomic E-state index is 12.7. The van der Waals surface area contributed by atoms with Gasteiger partial charge in [-0.05, 0) is 31.2 Å². The van der Waals surface area contributed by atoms with E-state index in [4.69, 9.17) is 9.47 Å². The first-order valence-corrected chi connectivity index (χ1v) is 8.44. The molecular formula is C19H21F2N3O4. The molecule has 0 aliphatic rings. The fourth-order valence-corrected chi connectivity index (χ4v) is 2.25. The Kier molecular flexibility index (Phi) is 8.01. The molecule has 0 unspecified atom stereocenters. The lowest BCUT2D eigenvalue weighted by atomic mass is 10.2. The van der Waals surface area contributed by atoms with E-state index in [9.17, 15) is 13.6 Å². The third kappa shape index (κ3) is 6.42. The molecule has 0 fully saturated rings. The number of methoxy groups -OCH3 is 1. The first kappa shape index (κ1) is 20.9. The van der Waals surface area contributed by atoms with E-state index in [0.29, 0.717) is 11.4 Å². The molecule has 0 atom stereocenters. The van der Waals surface area contributed by atoms with Crippen molar-refractivity contribution in [2.45, 2.75) is 13.5 Å². The summed E-state index contributed by atoms with van der Waals surface area (Å²) >= 11 is 0. The molecule has 0 saturated heterocycles. The van der Waals surface area contributed by atoms with Crippen LogP contribution in [0.2, 0.25) is 0 Å². The van der Waals surface area contributed by atoms with Gasteiger partial charge < -0.3 is 19.5 Å². The second kappa shape index (κ2) is 10.7. The van der Waals surface area contributed by atoms with Crippen LogP contribution in [0.5, 0.6) is 17.2 Å². The number of alkyl halides is 2. The van der Waals surface area contributed by atoms with Gasteiger partial charge in [0.2, 0.25) is 0 Å². The normalized spacial score (nSPS) is 10.8. The van der Waals surface area contributed by atoms with E-state index in [-0.39, 0.29) is 30.2 Å². The van der Waals surface area contributed by atoms with Crippen molar-refractivity contribution >= 4 is 17.8 Å². The molecule has 2 aromatic rings. The number of para-hydroxylation sites is 1. The molecular weight excluding hydrogens is 372 g/mol. The molecule has 2 aromatic carbocycles. The van der Waals surface area contributed by atoms with Crippen LogP contribution in [0.25, 0.3) is 0 Å². The van der Waals surface area contributed by atoms with E-state index >= 15 is 0 Å². The van der Waals surface area contributed by atoms with Gasteiger partial charge in [0.05, 0.1) is 26.5 Å². The van der Waals surface area contributed by atoms with E-state index in [2.05, 4.69) is 20.6 Å². The number of hydrogen-bond acceptors (Lipinski definition) is 6. The highest BCUT2D eigenvalue weighted by atomic mass is 19.3. The van der Waals surface area contributed by atoms with E-state index < -0.39 is 12.5 Å². The summed E-state index contributed by atoms with van der Waals surface area (Å²) in [4.78, 5) is 11.9. The van der Waals surface area contributed by atoms with Crippen molar-refractivity contribution in [3.63, 3.8) is 0 Å². The number of anilines is 1. The summed E-state index contributed by atoms with van der Waals surface area (Å²) in [6.45, 7) is -1.05. The number of nitrogens with zero attached hydrogens (tertiary/aromatic N) is 1. The Bertz CT molecular complexity index is 816. The topological polar surface area (TPSA) is 81.2 Å². The average Bonchev–Trinajstić information content (AvgIpc) is 2.68. The summed E-state index contributed by atoms with van der Waals surface area (Å²) in [6, 6.07) is 11.7. The zero-order valence-electron chi connectivity index (χ0n) is 15.4. The summed E-state index contributed by atoms with van der Waals surface area (Å²) in [5.41, 5.74) is 3.26. The quantitative estimate of drug-likeness (QED) is 0.478. The van der Waals surface area contributed by atoms with E-state index in [1.165, 1.54) is 18.3 Å². The van der Waals surface area contributed by atoms with Gasteiger partial charge in [-0.2, -0.15) is 13.9 Å². The molecule has 0 aliphatic carbocycles. The number of ether oxygens (including phenoxy) is 3. The van der Waals surface area contributed by atoms with Crippen molar-refractivity contribution in [3.05, 3.63) is 48.0 Å². The van der Waals surface area contributed by atoms with Crippen molar-refractivity contribution in [2.24, 2.45) is 5.10 Å². The SMILES string of the molecule is CCOc1cccc(/C=N\NC(=O)CNc2cccc(OC)c2)c1OC(F)F. The summed E-state index contributed by atoms with van der Waals surface area (Å²) in [5, 5.41) is 6.71. The van der Waals surface area contributed by atoms with Gasteiger partial charge in [0.1, 0.15) is 5.75 Å². The second-order valence-corrected chi connectivity index (χ2v) is 5.36. The van der Waals surface area contributed by atoms with Crippen molar-refractivity contribution in [1.82, 2.24) is 5.43 Å². The van der Waals surface area contributed by atoms with Crippen LogP contribution in [0.3, 0.4) is 0 Å². The van der Waals surface area contributed by atoms with Gasteiger partial charge in [-0.1, -0.05) is 12.1 Å². The Morgan fingerprint density at radius 2 is 2.04 bits per heavy atom. The monoisotopic (exact) mass is 393 g/mol. The van der Waals surface area contributed by atoms with E-state index in [1.807, 2.05) is 0 Å². The van der Waals surface area contributed by atoms with Crippen LogP contribution in [0.1, 0.15) is 12.5 Å². The molecule has 1 amide bonds. The number of amides is 1. The third-order valence-corrected chi connectivity index (χ3v) is 3.43.